The second kappa shape index (κ2) is 9.74. The fourth-order valence-electron chi connectivity index (χ4n) is 3.69. The molecule has 1 aliphatic carbocycles. The summed E-state index contributed by atoms with van der Waals surface area (Å²) in [5.74, 6) is 0.894. The van der Waals surface area contributed by atoms with Crippen LogP contribution >= 0.6 is 0 Å². The molecule has 26 heavy (non-hydrogen) atoms. The molecule has 5 heteroatoms. The Hall–Kier alpha value is -1.85. The summed E-state index contributed by atoms with van der Waals surface area (Å²) in [4.78, 5) is 9.48. The summed E-state index contributed by atoms with van der Waals surface area (Å²) in [5.41, 5.74) is 2.78. The van der Waals surface area contributed by atoms with Crippen LogP contribution in [0.1, 0.15) is 30.9 Å². The Bertz CT molecular complexity index is 609. The molecule has 1 heterocycles. The van der Waals surface area contributed by atoms with Gasteiger partial charge in [0.1, 0.15) is 0 Å². The third-order valence-corrected chi connectivity index (χ3v) is 5.44. The van der Waals surface area contributed by atoms with Gasteiger partial charge in [-0.3, -0.25) is 9.89 Å². The van der Waals surface area contributed by atoms with Crippen molar-refractivity contribution in [1.29, 1.82) is 0 Å². The average Bonchev–Trinajstić information content (AvgIpc) is 3.20. The van der Waals surface area contributed by atoms with Gasteiger partial charge in [0.25, 0.3) is 0 Å². The predicted molar refractivity (Wildman–Crippen MR) is 109 cm³/mol. The molecule has 0 unspecified atom stereocenters. The zero-order valence-corrected chi connectivity index (χ0v) is 16.2. The van der Waals surface area contributed by atoms with Crippen LogP contribution in [0.15, 0.2) is 41.4 Å². The zero-order chi connectivity index (χ0) is 18.2. The van der Waals surface area contributed by atoms with E-state index in [1.165, 1.54) is 24.2 Å². The number of nitrogens with one attached hydrogen (secondary N) is 2. The van der Waals surface area contributed by atoms with Crippen molar-refractivity contribution >= 4 is 5.96 Å². The molecule has 1 aromatic rings. The van der Waals surface area contributed by atoms with Gasteiger partial charge in [-0.2, -0.15) is 0 Å². The number of benzene rings is 1. The molecule has 1 aromatic carbocycles. The highest BCUT2D eigenvalue weighted by molar-refractivity contribution is 5.80. The summed E-state index contributed by atoms with van der Waals surface area (Å²) in [7, 11) is 1.84. The van der Waals surface area contributed by atoms with Gasteiger partial charge >= 0.3 is 0 Å². The highest BCUT2D eigenvalue weighted by Crippen LogP contribution is 2.14. The molecule has 0 aromatic heterocycles. The van der Waals surface area contributed by atoms with Gasteiger partial charge in [-0.05, 0) is 30.5 Å². The van der Waals surface area contributed by atoms with Crippen LogP contribution in [0, 0.1) is 0 Å². The monoisotopic (exact) mass is 355 g/mol. The Balaban J connectivity index is 1.53. The molecule has 0 bridgehead atoms. The van der Waals surface area contributed by atoms with Gasteiger partial charge in [0, 0.05) is 52.4 Å². The lowest BCUT2D eigenvalue weighted by atomic mass is 10.1. The number of guanidine groups is 1. The fraction of sp³-hybridized carbons (Fsp3) is 0.571. The summed E-state index contributed by atoms with van der Waals surface area (Å²) in [6, 6.07) is 9.26. The van der Waals surface area contributed by atoms with Crippen LogP contribution in [-0.4, -0.2) is 61.6 Å². The van der Waals surface area contributed by atoms with E-state index < -0.39 is 0 Å². The Kier molecular flexibility index (Phi) is 7.09. The van der Waals surface area contributed by atoms with Crippen LogP contribution in [-0.2, 0) is 13.1 Å². The van der Waals surface area contributed by atoms with Crippen LogP contribution in [0.25, 0.3) is 0 Å². The van der Waals surface area contributed by atoms with Gasteiger partial charge in [-0.25, -0.2) is 0 Å². The van der Waals surface area contributed by atoms with E-state index in [9.17, 15) is 0 Å². The predicted octanol–water partition coefficient (Wildman–Crippen LogP) is 2.21. The maximum Gasteiger partial charge on any atom is 0.191 e. The van der Waals surface area contributed by atoms with Crippen molar-refractivity contribution in [2.24, 2.45) is 4.99 Å². The van der Waals surface area contributed by atoms with Crippen molar-refractivity contribution in [1.82, 2.24) is 20.4 Å². The van der Waals surface area contributed by atoms with Crippen molar-refractivity contribution in [3.63, 3.8) is 0 Å². The lowest BCUT2D eigenvalue weighted by Crippen LogP contribution is -2.45. The number of nitrogens with zero attached hydrogens (tertiary/aromatic N) is 3. The van der Waals surface area contributed by atoms with Gasteiger partial charge in [0.2, 0.25) is 0 Å². The van der Waals surface area contributed by atoms with E-state index in [2.05, 4.69) is 68.8 Å². The van der Waals surface area contributed by atoms with E-state index in [0.717, 1.165) is 51.5 Å². The Morgan fingerprint density at radius 2 is 1.69 bits per heavy atom. The standard InChI is InChI=1S/C21H33N5/c1-3-25-12-14-26(15-13-25)17-19-9-5-4-8-18(19)16-23-21(22-2)24-20-10-6-7-11-20/h4-9,20H,3,10-17H2,1-2H3,(H2,22,23,24). The third-order valence-electron chi connectivity index (χ3n) is 5.44. The molecule has 1 saturated heterocycles. The van der Waals surface area contributed by atoms with Crippen LogP contribution in [0.5, 0.6) is 0 Å². The smallest absolute Gasteiger partial charge is 0.191 e. The minimum Gasteiger partial charge on any atom is -0.353 e. The molecule has 2 aliphatic rings. The molecule has 0 saturated carbocycles. The van der Waals surface area contributed by atoms with Gasteiger partial charge in [0.15, 0.2) is 5.96 Å². The zero-order valence-electron chi connectivity index (χ0n) is 16.2. The molecular formula is C21H33N5. The highest BCUT2D eigenvalue weighted by atomic mass is 15.3. The molecule has 2 N–H and O–H groups in total. The minimum absolute atomic E-state index is 0.478. The number of piperazine rings is 1. The van der Waals surface area contributed by atoms with Crippen LogP contribution in [0.4, 0.5) is 0 Å². The molecule has 5 nitrogen and oxygen atoms in total. The summed E-state index contributed by atoms with van der Waals surface area (Å²) >= 11 is 0. The largest absolute Gasteiger partial charge is 0.353 e. The molecule has 142 valence electrons. The summed E-state index contributed by atoms with van der Waals surface area (Å²) in [6.45, 7) is 9.95. The molecule has 1 aliphatic heterocycles. The van der Waals surface area contributed by atoms with E-state index >= 15 is 0 Å². The summed E-state index contributed by atoms with van der Waals surface area (Å²) in [6.07, 6.45) is 6.64. The first-order valence-corrected chi connectivity index (χ1v) is 9.92. The van der Waals surface area contributed by atoms with E-state index in [-0.39, 0.29) is 0 Å². The van der Waals surface area contributed by atoms with Crippen LogP contribution in [0.3, 0.4) is 0 Å². The maximum absolute atomic E-state index is 4.38. The molecule has 0 amide bonds. The van der Waals surface area contributed by atoms with Crippen molar-refractivity contribution in [3.8, 4) is 0 Å². The van der Waals surface area contributed by atoms with Crippen LogP contribution in [0.2, 0.25) is 0 Å². The molecule has 1 fully saturated rings. The normalized spacial score (nSPS) is 19.8. The maximum atomic E-state index is 4.38. The summed E-state index contributed by atoms with van der Waals surface area (Å²) in [5, 5.41) is 7.00. The molecule has 0 atom stereocenters. The van der Waals surface area contributed by atoms with E-state index in [1.807, 2.05) is 7.05 Å². The van der Waals surface area contributed by atoms with Gasteiger partial charge in [-0.15, -0.1) is 0 Å². The van der Waals surface area contributed by atoms with E-state index in [1.54, 1.807) is 0 Å². The fourth-order valence-corrected chi connectivity index (χ4v) is 3.69. The molecule has 3 rings (SSSR count). The number of rotatable bonds is 6. The van der Waals surface area contributed by atoms with E-state index in [0.29, 0.717) is 6.04 Å². The highest BCUT2D eigenvalue weighted by Gasteiger charge is 2.17. The second-order valence-corrected chi connectivity index (χ2v) is 7.19. The number of hydrogen-bond acceptors (Lipinski definition) is 3. The summed E-state index contributed by atoms with van der Waals surface area (Å²) < 4.78 is 0. The third kappa shape index (κ3) is 5.32. The molecular weight excluding hydrogens is 322 g/mol. The lowest BCUT2D eigenvalue weighted by Gasteiger charge is -2.34. The minimum atomic E-state index is 0.478. The SMILES string of the molecule is CCN1CCN(Cc2ccccc2CNC(=NC)NC2CC=CC2)CC1. The lowest BCUT2D eigenvalue weighted by molar-refractivity contribution is 0.131. The molecule has 0 radical (unpaired) electrons. The van der Waals surface area contributed by atoms with Crippen molar-refractivity contribution in [2.45, 2.75) is 38.9 Å². The van der Waals surface area contributed by atoms with E-state index in [4.69, 9.17) is 0 Å². The quantitative estimate of drug-likeness (QED) is 0.466. The molecule has 0 spiro atoms. The van der Waals surface area contributed by atoms with Crippen molar-refractivity contribution < 1.29 is 0 Å². The topological polar surface area (TPSA) is 42.9 Å². The van der Waals surface area contributed by atoms with Crippen LogP contribution < -0.4 is 10.6 Å². The number of hydrogen-bond donors (Lipinski definition) is 2. The first kappa shape index (κ1) is 18.9. The Labute approximate surface area is 158 Å². The van der Waals surface area contributed by atoms with Crippen molar-refractivity contribution in [2.75, 3.05) is 39.8 Å². The Morgan fingerprint density at radius 1 is 1.04 bits per heavy atom. The van der Waals surface area contributed by atoms with Crippen molar-refractivity contribution in [3.05, 3.63) is 47.5 Å². The van der Waals surface area contributed by atoms with Gasteiger partial charge in [-0.1, -0.05) is 43.3 Å². The number of aliphatic imine (C=N–C) groups is 1. The average molecular weight is 356 g/mol. The second-order valence-electron chi connectivity index (χ2n) is 7.19. The Morgan fingerprint density at radius 3 is 2.35 bits per heavy atom. The van der Waals surface area contributed by atoms with Gasteiger partial charge < -0.3 is 15.5 Å². The van der Waals surface area contributed by atoms with Gasteiger partial charge in [0.05, 0.1) is 0 Å². The first-order valence-electron chi connectivity index (χ1n) is 9.92. The first-order chi connectivity index (χ1) is 12.8. The number of likely N-dealkylation sites (N-methyl/N-ethyl adjacent to an activating group) is 1.